The largest absolute Gasteiger partial charge is 0.199 e. The van der Waals surface area contributed by atoms with Gasteiger partial charge in [0, 0.05) is 0 Å². The van der Waals surface area contributed by atoms with Crippen molar-refractivity contribution in [2.24, 2.45) is 11.8 Å². The average molecular weight is 382 g/mol. The predicted octanol–water partition coefficient (Wildman–Crippen LogP) is 7.87. The van der Waals surface area contributed by atoms with Crippen molar-refractivity contribution in [2.75, 3.05) is 0 Å². The molecule has 1 nitrogen and oxygen atoms in total. The van der Waals surface area contributed by atoms with Gasteiger partial charge in [-0.15, -0.1) is 0 Å². The summed E-state index contributed by atoms with van der Waals surface area (Å²) in [6, 6.07) is 10.7. The van der Waals surface area contributed by atoms with Crippen LogP contribution in [0.3, 0.4) is 0 Å². The van der Waals surface area contributed by atoms with Crippen molar-refractivity contribution in [1.82, 2.24) is 0 Å². The third-order valence-electron chi connectivity index (χ3n) is 6.08. The molecule has 1 aromatic rings. The lowest BCUT2D eigenvalue weighted by Gasteiger charge is -2.28. The minimum Gasteiger partial charge on any atom is -0.195 e. The summed E-state index contributed by atoms with van der Waals surface area (Å²) >= 11 is 0. The molecule has 0 saturated heterocycles. The second-order valence-corrected chi connectivity index (χ2v) is 8.33. The van der Waals surface area contributed by atoms with Crippen molar-refractivity contribution in [3.8, 4) is 6.07 Å². The molecule has 0 aromatic heterocycles. The van der Waals surface area contributed by atoms with E-state index in [9.17, 15) is 4.39 Å². The monoisotopic (exact) mass is 381 g/mol. The molecule has 0 spiro atoms. The summed E-state index contributed by atoms with van der Waals surface area (Å²) in [6.45, 7) is 2.23. The second kappa shape index (κ2) is 13.3. The fourth-order valence-electron chi connectivity index (χ4n) is 4.35. The van der Waals surface area contributed by atoms with Crippen molar-refractivity contribution in [2.45, 2.75) is 84.0 Å². The van der Waals surface area contributed by atoms with Crippen molar-refractivity contribution >= 4 is 0 Å². The number of hydrogen-bond acceptors (Lipinski definition) is 1. The zero-order valence-electron chi connectivity index (χ0n) is 17.5. The van der Waals surface area contributed by atoms with Gasteiger partial charge in [0.25, 0.3) is 0 Å². The number of halogens is 1. The summed E-state index contributed by atoms with van der Waals surface area (Å²) in [5, 5.41) is 8.36. The van der Waals surface area contributed by atoms with Gasteiger partial charge in [-0.25, -0.2) is 0 Å². The Labute approximate surface area is 171 Å². The molecule has 0 aliphatic heterocycles. The Kier molecular flexibility index (Phi) is 10.7. The first kappa shape index (κ1) is 22.4. The minimum absolute atomic E-state index is 0.717. The predicted molar refractivity (Wildman–Crippen MR) is 117 cm³/mol. The van der Waals surface area contributed by atoms with E-state index in [1.165, 1.54) is 93.9 Å². The normalized spacial score (nSPS) is 20.4. The topological polar surface area (TPSA) is 23.8 Å². The third kappa shape index (κ3) is 8.87. The van der Waals surface area contributed by atoms with Gasteiger partial charge in [0.05, 0.1) is 0 Å². The van der Waals surface area contributed by atoms with E-state index in [0.29, 0.717) is 0 Å². The van der Waals surface area contributed by atoms with Crippen LogP contribution in [0.5, 0.6) is 0 Å². The first-order valence-electron chi connectivity index (χ1n) is 11.2. The SMILES string of the molecule is CCCc1ccc(CCCCC2CCC(CC/C=C/C=C(\F)C#N)CC2)cc1. The van der Waals surface area contributed by atoms with Gasteiger partial charge in [-0.2, -0.15) is 9.65 Å². The molecule has 0 bridgehead atoms. The first-order valence-corrected chi connectivity index (χ1v) is 11.2. The average Bonchev–Trinajstić information content (AvgIpc) is 2.73. The molecule has 1 fully saturated rings. The number of rotatable bonds is 11. The molecule has 1 aliphatic carbocycles. The van der Waals surface area contributed by atoms with Crippen LogP contribution in [0.1, 0.15) is 82.3 Å². The lowest BCUT2D eigenvalue weighted by atomic mass is 9.78. The van der Waals surface area contributed by atoms with Crippen molar-refractivity contribution in [1.29, 1.82) is 5.26 Å². The van der Waals surface area contributed by atoms with Crippen molar-refractivity contribution in [3.05, 3.63) is 59.4 Å². The van der Waals surface area contributed by atoms with E-state index in [1.54, 1.807) is 6.08 Å². The summed E-state index contributed by atoms with van der Waals surface area (Å²) in [5.41, 5.74) is 2.95. The van der Waals surface area contributed by atoms with E-state index in [2.05, 4.69) is 31.2 Å². The van der Waals surface area contributed by atoms with Crippen LogP contribution in [0.2, 0.25) is 0 Å². The molecule has 152 valence electrons. The van der Waals surface area contributed by atoms with Crippen LogP contribution in [0, 0.1) is 23.2 Å². The number of allylic oxidation sites excluding steroid dienone is 4. The molecular formula is C26H36FN. The van der Waals surface area contributed by atoms with Crippen LogP contribution in [0.4, 0.5) is 4.39 Å². The maximum atomic E-state index is 12.7. The summed E-state index contributed by atoms with van der Waals surface area (Å²) in [4.78, 5) is 0. The number of aryl methyl sites for hydroxylation is 2. The second-order valence-electron chi connectivity index (χ2n) is 8.33. The molecule has 1 aromatic carbocycles. The van der Waals surface area contributed by atoms with Gasteiger partial charge in [0.1, 0.15) is 6.07 Å². The molecule has 1 aliphatic rings. The molecule has 1 saturated carbocycles. The number of hydrogen-bond donors (Lipinski definition) is 0. The Morgan fingerprint density at radius 3 is 2.21 bits per heavy atom. The number of unbranched alkanes of at least 4 members (excludes halogenated alkanes) is 1. The quantitative estimate of drug-likeness (QED) is 0.217. The van der Waals surface area contributed by atoms with Gasteiger partial charge in [-0.3, -0.25) is 0 Å². The number of nitrogens with zero attached hydrogens (tertiary/aromatic N) is 1. The highest BCUT2D eigenvalue weighted by Crippen LogP contribution is 2.34. The highest BCUT2D eigenvalue weighted by molar-refractivity contribution is 5.22. The van der Waals surface area contributed by atoms with Crippen molar-refractivity contribution < 1.29 is 4.39 Å². The van der Waals surface area contributed by atoms with Crippen LogP contribution >= 0.6 is 0 Å². The lowest BCUT2D eigenvalue weighted by molar-refractivity contribution is 0.250. The standard InChI is InChI=1S/C26H36FN/c1-2-8-22-13-15-24(16-14-22)10-6-7-11-25-19-17-23(18-20-25)9-4-3-5-12-26(27)21-28/h3,5,12-16,23,25H,2,4,6-11,17-20H2,1H3/b5-3+,26-12-. The molecular weight excluding hydrogens is 345 g/mol. The van der Waals surface area contributed by atoms with Gasteiger partial charge in [-0.05, 0) is 61.1 Å². The van der Waals surface area contributed by atoms with Crippen LogP contribution in [-0.2, 0) is 12.8 Å². The van der Waals surface area contributed by atoms with E-state index < -0.39 is 5.83 Å². The van der Waals surface area contributed by atoms with Gasteiger partial charge in [0.15, 0.2) is 5.83 Å². The third-order valence-corrected chi connectivity index (χ3v) is 6.08. The highest BCUT2D eigenvalue weighted by Gasteiger charge is 2.20. The summed E-state index contributed by atoms with van der Waals surface area (Å²) in [6.07, 6.45) is 20.2. The molecule has 28 heavy (non-hydrogen) atoms. The van der Waals surface area contributed by atoms with E-state index >= 15 is 0 Å². The minimum atomic E-state index is -0.717. The number of benzene rings is 1. The highest BCUT2D eigenvalue weighted by atomic mass is 19.1. The van der Waals surface area contributed by atoms with E-state index in [1.807, 2.05) is 6.08 Å². The van der Waals surface area contributed by atoms with Crippen LogP contribution in [0.25, 0.3) is 0 Å². The van der Waals surface area contributed by atoms with E-state index in [0.717, 1.165) is 18.3 Å². The molecule has 0 heterocycles. The van der Waals surface area contributed by atoms with Crippen LogP contribution in [-0.4, -0.2) is 0 Å². The fraction of sp³-hybridized carbons (Fsp3) is 0.577. The van der Waals surface area contributed by atoms with Gasteiger partial charge in [0.2, 0.25) is 0 Å². The van der Waals surface area contributed by atoms with E-state index in [-0.39, 0.29) is 0 Å². The van der Waals surface area contributed by atoms with Crippen LogP contribution < -0.4 is 0 Å². The molecule has 2 heteroatoms. The Morgan fingerprint density at radius 2 is 1.61 bits per heavy atom. The van der Waals surface area contributed by atoms with Crippen molar-refractivity contribution in [3.63, 3.8) is 0 Å². The zero-order valence-corrected chi connectivity index (χ0v) is 17.5. The Hall–Kier alpha value is -1.88. The van der Waals surface area contributed by atoms with Gasteiger partial charge < -0.3 is 0 Å². The Bertz CT molecular complexity index is 642. The summed E-state index contributed by atoms with van der Waals surface area (Å²) in [5.74, 6) is 1.03. The van der Waals surface area contributed by atoms with Crippen LogP contribution in [0.15, 0.2) is 48.3 Å². The maximum Gasteiger partial charge on any atom is 0.199 e. The molecule has 0 amide bonds. The molecule has 2 rings (SSSR count). The van der Waals surface area contributed by atoms with Gasteiger partial charge in [-0.1, -0.05) is 88.3 Å². The smallest absolute Gasteiger partial charge is 0.195 e. The number of nitriles is 1. The molecule has 0 atom stereocenters. The van der Waals surface area contributed by atoms with E-state index in [4.69, 9.17) is 5.26 Å². The Morgan fingerprint density at radius 1 is 1.00 bits per heavy atom. The summed E-state index contributed by atoms with van der Waals surface area (Å²) < 4.78 is 12.7. The zero-order chi connectivity index (χ0) is 20.0. The Balaban J connectivity index is 1.53. The van der Waals surface area contributed by atoms with Gasteiger partial charge >= 0.3 is 0 Å². The fourth-order valence-corrected chi connectivity index (χ4v) is 4.35. The molecule has 0 radical (unpaired) electrons. The maximum absolute atomic E-state index is 12.7. The lowest BCUT2D eigenvalue weighted by Crippen LogP contribution is -2.14. The molecule has 0 N–H and O–H groups in total. The summed E-state index contributed by atoms with van der Waals surface area (Å²) in [7, 11) is 0. The first-order chi connectivity index (χ1) is 13.7. The molecule has 0 unspecified atom stereocenters.